The molecule has 1 unspecified atom stereocenters. The molecule has 20 heavy (non-hydrogen) atoms. The van der Waals surface area contributed by atoms with Gasteiger partial charge in [0.1, 0.15) is 5.75 Å². The van der Waals surface area contributed by atoms with Crippen LogP contribution in [0.25, 0.3) is 0 Å². The largest absolute Gasteiger partial charge is 0.497 e. The lowest BCUT2D eigenvalue weighted by Gasteiger charge is -2.06. The van der Waals surface area contributed by atoms with Gasteiger partial charge in [-0.25, -0.2) is 0 Å². The van der Waals surface area contributed by atoms with Gasteiger partial charge in [0.15, 0.2) is 0 Å². The van der Waals surface area contributed by atoms with Crippen LogP contribution in [-0.4, -0.2) is 13.0 Å². The Morgan fingerprint density at radius 2 is 1.90 bits per heavy atom. The molecule has 0 radical (unpaired) electrons. The van der Waals surface area contributed by atoms with Crippen molar-refractivity contribution in [2.45, 2.75) is 25.7 Å². The van der Waals surface area contributed by atoms with Crippen LogP contribution in [0.5, 0.6) is 5.75 Å². The van der Waals surface area contributed by atoms with Crippen LogP contribution in [0.4, 0.5) is 5.69 Å². The highest BCUT2D eigenvalue weighted by atomic mass is 16.5. The Balaban J connectivity index is 1.62. The molecule has 1 fully saturated rings. The highest BCUT2D eigenvalue weighted by molar-refractivity contribution is 5.95. The van der Waals surface area contributed by atoms with Gasteiger partial charge in [0.25, 0.3) is 0 Å². The average Bonchev–Trinajstić information content (AvgIpc) is 3.10. The van der Waals surface area contributed by atoms with E-state index in [0.717, 1.165) is 37.1 Å². The number of carbonyl (C=O) groups is 1. The normalized spacial score (nSPS) is 29.6. The first-order chi connectivity index (χ1) is 9.79. The van der Waals surface area contributed by atoms with Crippen molar-refractivity contribution in [1.82, 2.24) is 0 Å². The smallest absolute Gasteiger partial charge is 0.228 e. The average molecular weight is 271 g/mol. The van der Waals surface area contributed by atoms with Crippen LogP contribution in [0.2, 0.25) is 0 Å². The number of nitrogens with one attached hydrogen (secondary N) is 1. The molecular formula is C17H21NO2. The van der Waals surface area contributed by atoms with Crippen molar-refractivity contribution < 1.29 is 9.53 Å². The molecule has 106 valence electrons. The molecule has 3 rings (SSSR count). The van der Waals surface area contributed by atoms with E-state index in [1.165, 1.54) is 0 Å². The molecule has 0 saturated heterocycles. The van der Waals surface area contributed by atoms with E-state index in [2.05, 4.69) is 17.5 Å². The van der Waals surface area contributed by atoms with Gasteiger partial charge in [-0.05, 0) is 49.7 Å². The number of hydrogen-bond donors (Lipinski definition) is 1. The van der Waals surface area contributed by atoms with Crippen LogP contribution < -0.4 is 10.1 Å². The molecule has 0 aliphatic heterocycles. The van der Waals surface area contributed by atoms with Crippen LogP contribution in [0.1, 0.15) is 25.7 Å². The summed E-state index contributed by atoms with van der Waals surface area (Å²) in [7, 11) is 1.64. The summed E-state index contributed by atoms with van der Waals surface area (Å²) in [4.78, 5) is 12.4. The second kappa shape index (κ2) is 5.70. The maximum absolute atomic E-state index is 12.4. The van der Waals surface area contributed by atoms with E-state index in [9.17, 15) is 4.79 Å². The number of methoxy groups -OCH3 is 1. The molecule has 1 aromatic rings. The van der Waals surface area contributed by atoms with Crippen LogP contribution in [-0.2, 0) is 4.79 Å². The van der Waals surface area contributed by atoms with Gasteiger partial charge in [0, 0.05) is 17.7 Å². The number of anilines is 1. The highest BCUT2D eigenvalue weighted by Crippen LogP contribution is 2.53. The third-order valence-electron chi connectivity index (χ3n) is 4.47. The highest BCUT2D eigenvalue weighted by Gasteiger charge is 2.53. The van der Waals surface area contributed by atoms with Gasteiger partial charge >= 0.3 is 0 Å². The fourth-order valence-electron chi connectivity index (χ4n) is 3.36. The minimum Gasteiger partial charge on any atom is -0.497 e. The van der Waals surface area contributed by atoms with E-state index in [-0.39, 0.29) is 11.8 Å². The zero-order chi connectivity index (χ0) is 13.9. The molecule has 1 saturated carbocycles. The molecule has 1 N–H and O–H groups in total. The molecular weight excluding hydrogens is 250 g/mol. The van der Waals surface area contributed by atoms with Gasteiger partial charge in [0.05, 0.1) is 7.11 Å². The number of allylic oxidation sites excluding steroid dienone is 2. The Kier molecular flexibility index (Phi) is 3.77. The lowest BCUT2D eigenvalue weighted by molar-refractivity contribution is -0.117. The van der Waals surface area contributed by atoms with E-state index in [4.69, 9.17) is 4.74 Å². The fourth-order valence-corrected chi connectivity index (χ4v) is 3.36. The number of hydrogen-bond acceptors (Lipinski definition) is 2. The molecule has 0 bridgehead atoms. The number of ether oxygens (including phenoxy) is 1. The summed E-state index contributed by atoms with van der Waals surface area (Å²) in [6, 6.07) is 7.55. The molecule has 2 aliphatic rings. The van der Waals surface area contributed by atoms with Crippen LogP contribution in [0.15, 0.2) is 36.4 Å². The van der Waals surface area contributed by atoms with E-state index < -0.39 is 0 Å². The summed E-state index contributed by atoms with van der Waals surface area (Å²) in [5, 5.41) is 3.04. The monoisotopic (exact) mass is 271 g/mol. The zero-order valence-corrected chi connectivity index (χ0v) is 11.8. The summed E-state index contributed by atoms with van der Waals surface area (Å²) >= 11 is 0. The number of rotatable bonds is 3. The van der Waals surface area contributed by atoms with E-state index in [1.807, 2.05) is 24.3 Å². The van der Waals surface area contributed by atoms with Crippen molar-refractivity contribution in [2.24, 2.45) is 17.8 Å². The van der Waals surface area contributed by atoms with E-state index >= 15 is 0 Å². The Labute approximate surface area is 120 Å². The Morgan fingerprint density at radius 3 is 2.55 bits per heavy atom. The van der Waals surface area contributed by atoms with E-state index in [0.29, 0.717) is 11.8 Å². The van der Waals surface area contributed by atoms with Crippen molar-refractivity contribution in [3.63, 3.8) is 0 Å². The third-order valence-corrected chi connectivity index (χ3v) is 4.47. The topological polar surface area (TPSA) is 38.3 Å². The van der Waals surface area contributed by atoms with Crippen LogP contribution >= 0.6 is 0 Å². The van der Waals surface area contributed by atoms with Crippen molar-refractivity contribution in [3.05, 3.63) is 36.4 Å². The van der Waals surface area contributed by atoms with Crippen molar-refractivity contribution in [2.75, 3.05) is 12.4 Å². The first-order valence-electron chi connectivity index (χ1n) is 7.39. The van der Waals surface area contributed by atoms with Crippen molar-refractivity contribution in [1.29, 1.82) is 0 Å². The molecule has 0 spiro atoms. The third kappa shape index (κ3) is 2.72. The van der Waals surface area contributed by atoms with Gasteiger partial charge in [-0.2, -0.15) is 0 Å². The quantitative estimate of drug-likeness (QED) is 0.853. The Hall–Kier alpha value is -1.77. The summed E-state index contributed by atoms with van der Waals surface area (Å²) in [6.07, 6.45) is 9.04. The van der Waals surface area contributed by atoms with Gasteiger partial charge in [-0.3, -0.25) is 4.79 Å². The minimum atomic E-state index is 0.176. The molecule has 0 aromatic heterocycles. The molecule has 1 amide bonds. The first-order valence-corrected chi connectivity index (χ1v) is 7.39. The van der Waals surface area contributed by atoms with Crippen molar-refractivity contribution in [3.8, 4) is 5.75 Å². The number of fused-ring (bicyclic) bond motifs is 1. The lowest BCUT2D eigenvalue weighted by Crippen LogP contribution is -2.15. The number of carbonyl (C=O) groups excluding carboxylic acids is 1. The zero-order valence-electron chi connectivity index (χ0n) is 11.8. The van der Waals surface area contributed by atoms with Gasteiger partial charge in [0.2, 0.25) is 5.91 Å². The lowest BCUT2D eigenvalue weighted by atomic mass is 10.1. The number of amides is 1. The van der Waals surface area contributed by atoms with Gasteiger partial charge < -0.3 is 10.1 Å². The molecule has 3 atom stereocenters. The standard InChI is InChI=1S/C17H21NO2/c1-20-13-8-6-7-12(11-13)18-17(19)16-14-9-4-2-3-5-10-15(14)16/h2-3,6-8,11,14-16H,4-5,9-10H2,1H3,(H,18,19)/b3-2-/t14-,15+,16?. The predicted molar refractivity (Wildman–Crippen MR) is 79.7 cm³/mol. The van der Waals surface area contributed by atoms with Gasteiger partial charge in [-0.1, -0.05) is 18.2 Å². The van der Waals surface area contributed by atoms with Crippen LogP contribution in [0.3, 0.4) is 0 Å². The second-order valence-corrected chi connectivity index (χ2v) is 5.70. The molecule has 3 nitrogen and oxygen atoms in total. The maximum atomic E-state index is 12.4. The maximum Gasteiger partial charge on any atom is 0.228 e. The molecule has 1 aromatic carbocycles. The molecule has 0 heterocycles. The van der Waals surface area contributed by atoms with Gasteiger partial charge in [-0.15, -0.1) is 0 Å². The molecule has 2 aliphatic carbocycles. The summed E-state index contributed by atoms with van der Waals surface area (Å²) in [6.45, 7) is 0. The van der Waals surface area contributed by atoms with Crippen LogP contribution in [0, 0.1) is 17.8 Å². The molecule has 3 heteroatoms. The minimum absolute atomic E-state index is 0.176. The van der Waals surface area contributed by atoms with E-state index in [1.54, 1.807) is 7.11 Å². The summed E-state index contributed by atoms with van der Waals surface area (Å²) < 4.78 is 5.18. The summed E-state index contributed by atoms with van der Waals surface area (Å²) in [5.74, 6) is 2.33. The second-order valence-electron chi connectivity index (χ2n) is 5.70. The summed E-state index contributed by atoms with van der Waals surface area (Å²) in [5.41, 5.74) is 0.826. The fraction of sp³-hybridized carbons (Fsp3) is 0.471. The first kappa shape index (κ1) is 13.2. The predicted octanol–water partition coefficient (Wildman–Crippen LogP) is 3.63. The van der Waals surface area contributed by atoms with Crippen molar-refractivity contribution >= 4 is 11.6 Å². The Morgan fingerprint density at radius 1 is 1.20 bits per heavy atom. The number of benzene rings is 1. The Bertz CT molecular complexity index is 507. The SMILES string of the molecule is COc1cccc(NC(=O)C2[C@H]3CC/C=C\CC[C@@H]23)c1.